The SMILES string of the molecule is CC1=C(C2CO2)C(C)(C)CC=C1. The fourth-order valence-electron chi connectivity index (χ4n) is 2.17. The monoisotopic (exact) mass is 164 g/mol. The second-order valence-electron chi connectivity index (χ2n) is 4.41. The first kappa shape index (κ1) is 8.06. The molecule has 0 aromatic heterocycles. The first-order valence-electron chi connectivity index (χ1n) is 4.61. The van der Waals surface area contributed by atoms with Crippen LogP contribution in [-0.4, -0.2) is 12.7 Å². The minimum atomic E-state index is 0.319. The molecule has 1 saturated heterocycles. The zero-order valence-electron chi connectivity index (χ0n) is 8.05. The summed E-state index contributed by atoms with van der Waals surface area (Å²) in [6.07, 6.45) is 6.08. The van der Waals surface area contributed by atoms with Crippen molar-refractivity contribution in [2.45, 2.75) is 33.3 Å². The van der Waals surface area contributed by atoms with Crippen LogP contribution in [-0.2, 0) is 4.74 Å². The Balaban J connectivity index is 2.36. The Morgan fingerprint density at radius 2 is 2.17 bits per heavy atom. The summed E-state index contributed by atoms with van der Waals surface area (Å²) in [7, 11) is 0. The van der Waals surface area contributed by atoms with E-state index in [2.05, 4.69) is 32.9 Å². The molecule has 0 saturated carbocycles. The summed E-state index contributed by atoms with van der Waals surface area (Å²) in [5.41, 5.74) is 3.25. The van der Waals surface area contributed by atoms with E-state index >= 15 is 0 Å². The van der Waals surface area contributed by atoms with Gasteiger partial charge in [-0.2, -0.15) is 0 Å². The predicted octanol–water partition coefficient (Wildman–Crippen LogP) is 2.69. The Labute approximate surface area is 74.1 Å². The quantitative estimate of drug-likeness (QED) is 0.543. The van der Waals surface area contributed by atoms with E-state index in [4.69, 9.17) is 4.74 Å². The van der Waals surface area contributed by atoms with Crippen LogP contribution in [0.15, 0.2) is 23.3 Å². The van der Waals surface area contributed by atoms with Crippen LogP contribution in [0.4, 0.5) is 0 Å². The van der Waals surface area contributed by atoms with E-state index in [0.29, 0.717) is 11.5 Å². The van der Waals surface area contributed by atoms with Crippen LogP contribution in [0.2, 0.25) is 0 Å². The molecule has 1 fully saturated rings. The van der Waals surface area contributed by atoms with Gasteiger partial charge in [0.15, 0.2) is 0 Å². The second-order valence-corrected chi connectivity index (χ2v) is 4.41. The summed E-state index contributed by atoms with van der Waals surface area (Å²) in [5, 5.41) is 0. The van der Waals surface area contributed by atoms with Gasteiger partial charge >= 0.3 is 0 Å². The highest BCUT2D eigenvalue weighted by Crippen LogP contribution is 2.42. The van der Waals surface area contributed by atoms with Crippen molar-refractivity contribution in [2.24, 2.45) is 5.41 Å². The van der Waals surface area contributed by atoms with Crippen molar-refractivity contribution in [1.82, 2.24) is 0 Å². The van der Waals surface area contributed by atoms with Crippen LogP contribution in [0, 0.1) is 5.41 Å². The third-order valence-electron chi connectivity index (χ3n) is 2.81. The van der Waals surface area contributed by atoms with Gasteiger partial charge in [0, 0.05) is 0 Å². The van der Waals surface area contributed by atoms with Gasteiger partial charge in [0.05, 0.1) is 6.61 Å². The minimum Gasteiger partial charge on any atom is -0.368 e. The van der Waals surface area contributed by atoms with Crippen LogP contribution in [0.25, 0.3) is 0 Å². The third kappa shape index (κ3) is 1.22. The van der Waals surface area contributed by atoms with Gasteiger partial charge in [-0.15, -0.1) is 0 Å². The van der Waals surface area contributed by atoms with Gasteiger partial charge in [-0.25, -0.2) is 0 Å². The van der Waals surface area contributed by atoms with E-state index < -0.39 is 0 Å². The smallest absolute Gasteiger partial charge is 0.103 e. The van der Waals surface area contributed by atoms with Gasteiger partial charge in [0.1, 0.15) is 6.10 Å². The molecule has 0 aromatic rings. The maximum Gasteiger partial charge on any atom is 0.103 e. The molecule has 1 unspecified atom stereocenters. The molecule has 1 nitrogen and oxygen atoms in total. The van der Waals surface area contributed by atoms with Crippen molar-refractivity contribution in [1.29, 1.82) is 0 Å². The van der Waals surface area contributed by atoms with Gasteiger partial charge in [0.25, 0.3) is 0 Å². The molecule has 0 amide bonds. The van der Waals surface area contributed by atoms with E-state index in [1.54, 1.807) is 0 Å². The van der Waals surface area contributed by atoms with Crippen LogP contribution in [0.5, 0.6) is 0 Å². The first-order valence-corrected chi connectivity index (χ1v) is 4.61. The molecule has 2 rings (SSSR count). The lowest BCUT2D eigenvalue weighted by atomic mass is 9.74. The fraction of sp³-hybridized carbons (Fsp3) is 0.636. The summed E-state index contributed by atoms with van der Waals surface area (Å²) < 4.78 is 5.36. The average Bonchev–Trinajstić information content (AvgIpc) is 2.68. The molecule has 2 aliphatic rings. The highest BCUT2D eigenvalue weighted by atomic mass is 16.6. The van der Waals surface area contributed by atoms with E-state index in [1.807, 2.05) is 0 Å². The fourth-order valence-corrected chi connectivity index (χ4v) is 2.17. The highest BCUT2D eigenvalue weighted by Gasteiger charge is 2.38. The van der Waals surface area contributed by atoms with Crippen LogP contribution >= 0.6 is 0 Å². The Kier molecular flexibility index (Phi) is 1.65. The molecule has 1 aliphatic carbocycles. The lowest BCUT2D eigenvalue weighted by Gasteiger charge is -2.30. The topological polar surface area (TPSA) is 12.5 Å². The molecule has 12 heavy (non-hydrogen) atoms. The van der Waals surface area contributed by atoms with Gasteiger partial charge in [0.2, 0.25) is 0 Å². The van der Waals surface area contributed by atoms with E-state index in [1.165, 1.54) is 11.1 Å². The summed E-state index contributed by atoms with van der Waals surface area (Å²) in [6.45, 7) is 7.73. The predicted molar refractivity (Wildman–Crippen MR) is 50.0 cm³/mol. The minimum absolute atomic E-state index is 0.319. The Morgan fingerprint density at radius 1 is 1.50 bits per heavy atom. The maximum absolute atomic E-state index is 5.36. The van der Waals surface area contributed by atoms with Crippen molar-refractivity contribution >= 4 is 0 Å². The first-order chi connectivity index (χ1) is 5.61. The molecular formula is C11H16O. The van der Waals surface area contributed by atoms with Crippen molar-refractivity contribution in [2.75, 3.05) is 6.61 Å². The Bertz CT molecular complexity index is 254. The van der Waals surface area contributed by atoms with E-state index in [9.17, 15) is 0 Å². The van der Waals surface area contributed by atoms with Gasteiger partial charge < -0.3 is 4.74 Å². The molecule has 0 spiro atoms. The number of ether oxygens (including phenoxy) is 1. The van der Waals surface area contributed by atoms with Crippen molar-refractivity contribution in [3.05, 3.63) is 23.3 Å². The molecule has 0 N–H and O–H groups in total. The lowest BCUT2D eigenvalue weighted by molar-refractivity contribution is 0.362. The van der Waals surface area contributed by atoms with Crippen LogP contribution < -0.4 is 0 Å². The van der Waals surface area contributed by atoms with Crippen molar-refractivity contribution in [3.63, 3.8) is 0 Å². The van der Waals surface area contributed by atoms with Crippen LogP contribution in [0.3, 0.4) is 0 Å². The number of hydrogen-bond donors (Lipinski definition) is 0. The molecule has 1 atom stereocenters. The third-order valence-corrected chi connectivity index (χ3v) is 2.81. The van der Waals surface area contributed by atoms with Gasteiger partial charge in [-0.3, -0.25) is 0 Å². The summed E-state index contributed by atoms with van der Waals surface area (Å²) >= 11 is 0. The molecule has 1 heteroatoms. The Morgan fingerprint density at radius 3 is 2.67 bits per heavy atom. The second kappa shape index (κ2) is 2.46. The van der Waals surface area contributed by atoms with Crippen LogP contribution in [0.1, 0.15) is 27.2 Å². The summed E-state index contributed by atoms with van der Waals surface area (Å²) in [4.78, 5) is 0. The highest BCUT2D eigenvalue weighted by molar-refractivity contribution is 5.37. The molecule has 0 radical (unpaired) electrons. The maximum atomic E-state index is 5.36. The number of hydrogen-bond acceptors (Lipinski definition) is 1. The summed E-state index contributed by atoms with van der Waals surface area (Å²) in [6, 6.07) is 0. The molecule has 0 aromatic carbocycles. The van der Waals surface area contributed by atoms with Gasteiger partial charge in [-0.05, 0) is 29.9 Å². The van der Waals surface area contributed by atoms with Crippen molar-refractivity contribution < 1.29 is 4.74 Å². The zero-order chi connectivity index (χ0) is 8.77. The van der Waals surface area contributed by atoms with Crippen molar-refractivity contribution in [3.8, 4) is 0 Å². The molecule has 66 valence electrons. The average molecular weight is 164 g/mol. The number of rotatable bonds is 1. The van der Waals surface area contributed by atoms with E-state index in [0.717, 1.165) is 13.0 Å². The molecular weight excluding hydrogens is 148 g/mol. The largest absolute Gasteiger partial charge is 0.368 e. The van der Waals surface area contributed by atoms with Gasteiger partial charge in [-0.1, -0.05) is 26.0 Å². The molecule has 1 aliphatic heterocycles. The van der Waals surface area contributed by atoms with E-state index in [-0.39, 0.29) is 0 Å². The number of epoxide rings is 1. The summed E-state index contributed by atoms with van der Waals surface area (Å²) in [5.74, 6) is 0. The molecule has 0 bridgehead atoms. The number of allylic oxidation sites excluding steroid dienone is 3. The standard InChI is InChI=1S/C11H16O/c1-8-5-4-6-11(2,3)10(8)9-7-12-9/h4-5,9H,6-7H2,1-3H3. The normalized spacial score (nSPS) is 32.4. The Hall–Kier alpha value is -0.560. The zero-order valence-corrected chi connectivity index (χ0v) is 8.05. The lowest BCUT2D eigenvalue weighted by Crippen LogP contribution is -2.21. The molecule has 1 heterocycles.